The number of nitrogens with one attached hydrogen (secondary N) is 2. The molecule has 0 saturated heterocycles. The van der Waals surface area contributed by atoms with Crippen molar-refractivity contribution in [3.05, 3.63) is 83.2 Å². The first-order chi connectivity index (χ1) is 12.5. The van der Waals surface area contributed by atoms with Gasteiger partial charge < -0.3 is 10.6 Å². The Morgan fingerprint density at radius 1 is 0.846 bits per heavy atom. The zero-order valence-electron chi connectivity index (χ0n) is 13.2. The Balaban J connectivity index is 1.89. The highest BCUT2D eigenvalue weighted by atomic mass is 35.5. The number of hydrogen-bond acceptors (Lipinski definition) is 4. The normalized spacial score (nSPS) is 10.2. The van der Waals surface area contributed by atoms with E-state index in [4.69, 9.17) is 11.6 Å². The molecular weight excluding hydrogens is 359 g/mol. The molecule has 0 fully saturated rings. The average Bonchev–Trinajstić information content (AvgIpc) is 2.67. The minimum Gasteiger partial charge on any atom is -0.319 e. The maximum atomic E-state index is 13.8. The topological polar surface area (TPSA) is 84.0 Å². The van der Waals surface area contributed by atoms with E-state index < -0.39 is 17.6 Å². The first-order valence-corrected chi connectivity index (χ1v) is 7.86. The van der Waals surface area contributed by atoms with E-state index in [1.54, 1.807) is 24.3 Å². The standard InChI is InChI=1S/C18H12ClFN4O2/c19-11-9-15(23-17(25)13-5-1-3-7-21-13)16(10-12(11)20)24-18(26)14-6-2-4-8-22-14/h1-10H,(H,23,25)(H,24,26). The van der Waals surface area contributed by atoms with Crippen LogP contribution < -0.4 is 10.6 Å². The summed E-state index contributed by atoms with van der Waals surface area (Å²) < 4.78 is 13.8. The van der Waals surface area contributed by atoms with E-state index in [-0.39, 0.29) is 27.8 Å². The van der Waals surface area contributed by atoms with Gasteiger partial charge in [0.1, 0.15) is 17.2 Å². The van der Waals surface area contributed by atoms with E-state index in [1.165, 1.54) is 30.6 Å². The molecule has 6 nitrogen and oxygen atoms in total. The molecule has 2 heterocycles. The Kier molecular flexibility index (Phi) is 5.19. The van der Waals surface area contributed by atoms with Crippen molar-refractivity contribution in [1.29, 1.82) is 0 Å². The smallest absolute Gasteiger partial charge is 0.274 e. The van der Waals surface area contributed by atoms with Crippen LogP contribution >= 0.6 is 11.6 Å². The maximum absolute atomic E-state index is 13.8. The number of aromatic nitrogens is 2. The third kappa shape index (κ3) is 4.01. The Morgan fingerprint density at radius 3 is 1.81 bits per heavy atom. The molecular formula is C18H12ClFN4O2. The van der Waals surface area contributed by atoms with Crippen molar-refractivity contribution < 1.29 is 14.0 Å². The zero-order chi connectivity index (χ0) is 18.5. The molecule has 0 aliphatic heterocycles. The summed E-state index contributed by atoms with van der Waals surface area (Å²) >= 11 is 5.80. The Labute approximate surface area is 153 Å². The second-order valence-electron chi connectivity index (χ2n) is 5.15. The molecule has 1 aromatic carbocycles. The van der Waals surface area contributed by atoms with Crippen LogP contribution in [0.2, 0.25) is 5.02 Å². The summed E-state index contributed by atoms with van der Waals surface area (Å²) in [5, 5.41) is 4.88. The molecule has 2 N–H and O–H groups in total. The molecule has 0 atom stereocenters. The van der Waals surface area contributed by atoms with Gasteiger partial charge in [-0.2, -0.15) is 0 Å². The van der Waals surface area contributed by atoms with Crippen molar-refractivity contribution in [2.45, 2.75) is 0 Å². The van der Waals surface area contributed by atoms with Gasteiger partial charge in [-0.1, -0.05) is 23.7 Å². The van der Waals surface area contributed by atoms with Crippen LogP contribution in [0.4, 0.5) is 15.8 Å². The Hall–Kier alpha value is -3.32. The number of carbonyl (C=O) groups excluding carboxylic acids is 2. The van der Waals surface area contributed by atoms with E-state index >= 15 is 0 Å². The summed E-state index contributed by atoms with van der Waals surface area (Å²) in [5.74, 6) is -1.82. The van der Waals surface area contributed by atoms with Gasteiger partial charge in [0, 0.05) is 18.5 Å². The molecule has 26 heavy (non-hydrogen) atoms. The quantitative estimate of drug-likeness (QED) is 0.732. The summed E-state index contributed by atoms with van der Waals surface area (Å²) in [6.07, 6.45) is 2.93. The van der Waals surface area contributed by atoms with Crippen molar-refractivity contribution >= 4 is 34.8 Å². The lowest BCUT2D eigenvalue weighted by atomic mass is 10.2. The molecule has 3 aromatic rings. The van der Waals surface area contributed by atoms with Crippen molar-refractivity contribution in [3.63, 3.8) is 0 Å². The summed E-state index contributed by atoms with van der Waals surface area (Å²) in [4.78, 5) is 32.4. The van der Waals surface area contributed by atoms with Crippen LogP contribution in [0.5, 0.6) is 0 Å². The van der Waals surface area contributed by atoms with Gasteiger partial charge in [0.25, 0.3) is 11.8 Å². The SMILES string of the molecule is O=C(Nc1cc(F)c(Cl)cc1NC(=O)c1ccccn1)c1ccccn1. The fraction of sp³-hybridized carbons (Fsp3) is 0. The lowest BCUT2D eigenvalue weighted by molar-refractivity contribution is 0.101. The third-order valence-corrected chi connectivity index (χ3v) is 3.64. The minimum atomic E-state index is -0.737. The van der Waals surface area contributed by atoms with Gasteiger partial charge >= 0.3 is 0 Å². The molecule has 0 radical (unpaired) electrons. The highest BCUT2D eigenvalue weighted by Crippen LogP contribution is 2.29. The number of amides is 2. The second kappa shape index (κ2) is 7.71. The van der Waals surface area contributed by atoms with Crippen molar-refractivity contribution in [2.24, 2.45) is 0 Å². The highest BCUT2D eigenvalue weighted by Gasteiger charge is 2.16. The Morgan fingerprint density at radius 2 is 1.35 bits per heavy atom. The number of rotatable bonds is 4. The van der Waals surface area contributed by atoms with Gasteiger partial charge in [-0.15, -0.1) is 0 Å². The number of halogens is 2. The maximum Gasteiger partial charge on any atom is 0.274 e. The Bertz CT molecular complexity index is 874. The fourth-order valence-corrected chi connectivity index (χ4v) is 2.28. The van der Waals surface area contributed by atoms with E-state index in [0.29, 0.717) is 0 Å². The fourth-order valence-electron chi connectivity index (χ4n) is 2.12. The predicted octanol–water partition coefficient (Wildman–Crippen LogP) is 3.77. The van der Waals surface area contributed by atoms with Crippen LogP contribution in [0.3, 0.4) is 0 Å². The van der Waals surface area contributed by atoms with Crippen molar-refractivity contribution in [2.75, 3.05) is 10.6 Å². The lowest BCUT2D eigenvalue weighted by Crippen LogP contribution is -2.18. The highest BCUT2D eigenvalue weighted by molar-refractivity contribution is 6.31. The average molecular weight is 371 g/mol. The van der Waals surface area contributed by atoms with Gasteiger partial charge in [0.05, 0.1) is 16.4 Å². The van der Waals surface area contributed by atoms with Gasteiger partial charge in [-0.05, 0) is 30.3 Å². The van der Waals surface area contributed by atoms with E-state index in [1.807, 2.05) is 0 Å². The lowest BCUT2D eigenvalue weighted by Gasteiger charge is -2.13. The first-order valence-electron chi connectivity index (χ1n) is 7.48. The molecule has 2 aromatic heterocycles. The van der Waals surface area contributed by atoms with Gasteiger partial charge in [0.2, 0.25) is 0 Å². The second-order valence-corrected chi connectivity index (χ2v) is 5.56. The molecule has 0 spiro atoms. The molecule has 0 bridgehead atoms. The van der Waals surface area contributed by atoms with Crippen molar-refractivity contribution in [3.8, 4) is 0 Å². The molecule has 0 aliphatic carbocycles. The number of pyridine rings is 2. The van der Waals surface area contributed by atoms with E-state index in [9.17, 15) is 14.0 Å². The summed E-state index contributed by atoms with van der Waals surface area (Å²) in [6, 6.07) is 11.9. The number of carbonyl (C=O) groups is 2. The number of nitrogens with zero attached hydrogens (tertiary/aromatic N) is 2. The van der Waals surface area contributed by atoms with Crippen LogP contribution in [0.25, 0.3) is 0 Å². The molecule has 2 amide bonds. The van der Waals surface area contributed by atoms with Gasteiger partial charge in [0.15, 0.2) is 0 Å². The molecule has 0 unspecified atom stereocenters. The molecule has 0 aliphatic rings. The minimum absolute atomic E-state index is 0.0480. The van der Waals surface area contributed by atoms with Crippen LogP contribution in [-0.2, 0) is 0 Å². The number of benzene rings is 1. The molecule has 0 saturated carbocycles. The number of anilines is 2. The van der Waals surface area contributed by atoms with Crippen LogP contribution in [-0.4, -0.2) is 21.8 Å². The van der Waals surface area contributed by atoms with Crippen LogP contribution in [0.1, 0.15) is 21.0 Å². The molecule has 3 rings (SSSR count). The molecule has 130 valence electrons. The van der Waals surface area contributed by atoms with E-state index in [2.05, 4.69) is 20.6 Å². The zero-order valence-corrected chi connectivity index (χ0v) is 14.0. The number of hydrogen-bond donors (Lipinski definition) is 2. The van der Waals surface area contributed by atoms with Gasteiger partial charge in [-0.25, -0.2) is 4.39 Å². The monoisotopic (exact) mass is 370 g/mol. The summed E-state index contributed by atoms with van der Waals surface area (Å²) in [7, 11) is 0. The largest absolute Gasteiger partial charge is 0.319 e. The first kappa shape index (κ1) is 17.5. The third-order valence-electron chi connectivity index (χ3n) is 3.35. The predicted molar refractivity (Wildman–Crippen MR) is 95.8 cm³/mol. The summed E-state index contributed by atoms with van der Waals surface area (Å²) in [6.45, 7) is 0. The van der Waals surface area contributed by atoms with E-state index in [0.717, 1.165) is 6.07 Å². The van der Waals surface area contributed by atoms with Crippen LogP contribution in [0.15, 0.2) is 60.9 Å². The van der Waals surface area contributed by atoms with Gasteiger partial charge in [-0.3, -0.25) is 19.6 Å². The summed E-state index contributed by atoms with van der Waals surface area (Å²) in [5.41, 5.74) is 0.489. The molecule has 8 heteroatoms. The van der Waals surface area contributed by atoms with Crippen LogP contribution in [0, 0.1) is 5.82 Å². The van der Waals surface area contributed by atoms with Crippen molar-refractivity contribution in [1.82, 2.24) is 9.97 Å².